The molecule has 2 aliphatic rings. The van der Waals surface area contributed by atoms with Gasteiger partial charge in [0, 0.05) is 23.5 Å². The minimum absolute atomic E-state index is 0.0269. The summed E-state index contributed by atoms with van der Waals surface area (Å²) in [7, 11) is 1.71. The lowest BCUT2D eigenvalue weighted by molar-refractivity contribution is -0.134. The van der Waals surface area contributed by atoms with Gasteiger partial charge in [-0.2, -0.15) is 0 Å². The molecule has 1 atom stereocenters. The van der Waals surface area contributed by atoms with Gasteiger partial charge in [-0.05, 0) is 68.1 Å². The van der Waals surface area contributed by atoms with Gasteiger partial charge in [-0.1, -0.05) is 38.1 Å². The Morgan fingerprint density at radius 2 is 1.91 bits per heavy atom. The molecule has 3 amide bonds. The molecule has 2 aromatic rings. The van der Waals surface area contributed by atoms with Crippen molar-refractivity contribution in [1.29, 1.82) is 0 Å². The van der Waals surface area contributed by atoms with Gasteiger partial charge in [-0.15, -0.1) is 11.3 Å². The van der Waals surface area contributed by atoms with Gasteiger partial charge < -0.3 is 10.1 Å². The number of nitrogens with one attached hydrogen (secondary N) is 1. The zero-order chi connectivity index (χ0) is 23.4. The molecule has 1 N–H and O–H groups in total. The van der Waals surface area contributed by atoms with Crippen molar-refractivity contribution in [3.63, 3.8) is 0 Å². The minimum Gasteiger partial charge on any atom is -0.496 e. The molecule has 0 spiro atoms. The lowest BCUT2D eigenvalue weighted by Crippen LogP contribution is -2.56. The van der Waals surface area contributed by atoms with E-state index in [1.54, 1.807) is 18.4 Å². The molecule has 0 radical (unpaired) electrons. The smallest absolute Gasteiger partial charge is 0.325 e. The third-order valence-electron chi connectivity index (χ3n) is 6.97. The zero-order valence-electron chi connectivity index (χ0n) is 19.9. The van der Waals surface area contributed by atoms with Crippen molar-refractivity contribution in [1.82, 2.24) is 15.1 Å². The van der Waals surface area contributed by atoms with Crippen LogP contribution < -0.4 is 10.1 Å². The van der Waals surface area contributed by atoms with Crippen molar-refractivity contribution in [2.24, 2.45) is 11.8 Å². The van der Waals surface area contributed by atoms with Gasteiger partial charge in [0.05, 0.1) is 7.11 Å². The number of hydrogen-bond acceptors (Lipinski definition) is 5. The Morgan fingerprint density at radius 1 is 1.15 bits per heavy atom. The fraction of sp³-hybridized carbons (Fsp3) is 0.538. The summed E-state index contributed by atoms with van der Waals surface area (Å²) in [6, 6.07) is 12.0. The van der Waals surface area contributed by atoms with Crippen LogP contribution in [0.15, 0.2) is 41.8 Å². The van der Waals surface area contributed by atoms with Crippen LogP contribution in [0.4, 0.5) is 4.79 Å². The highest BCUT2D eigenvalue weighted by Gasteiger charge is 2.55. The molecule has 0 aliphatic carbocycles. The maximum atomic E-state index is 13.7. The van der Waals surface area contributed by atoms with Crippen molar-refractivity contribution in [2.45, 2.75) is 51.6 Å². The number of ether oxygens (including phenoxy) is 1. The fourth-order valence-corrected chi connectivity index (χ4v) is 6.11. The van der Waals surface area contributed by atoms with E-state index in [-0.39, 0.29) is 17.9 Å². The number of likely N-dealkylation sites (tertiary alicyclic amines) is 1. The number of nitrogens with zero attached hydrogens (tertiary/aromatic N) is 2. The minimum atomic E-state index is -0.781. The largest absolute Gasteiger partial charge is 0.496 e. The first-order valence-electron chi connectivity index (χ1n) is 11.9. The van der Waals surface area contributed by atoms with Crippen LogP contribution in [0.1, 0.15) is 43.6 Å². The molecule has 0 bridgehead atoms. The lowest BCUT2D eigenvalue weighted by atomic mass is 9.73. The van der Waals surface area contributed by atoms with Crippen molar-refractivity contribution in [2.75, 3.05) is 26.7 Å². The Balaban J connectivity index is 1.44. The topological polar surface area (TPSA) is 61.9 Å². The zero-order valence-corrected chi connectivity index (χ0v) is 20.7. The van der Waals surface area contributed by atoms with Crippen LogP contribution in [0.25, 0.3) is 0 Å². The van der Waals surface area contributed by atoms with E-state index in [1.807, 2.05) is 29.6 Å². The standard InChI is InChI=1S/C26H35N3O3S/c1-19(2)17-26(24(30)29(25(31)27-26)15-12-22-8-6-16-33-22)21-10-13-28(14-11-21)18-20-7-4-5-9-23(20)32-3/h4-9,16,19,21H,10-15,17-18H2,1-3H3,(H,27,31). The van der Waals surface area contributed by atoms with Crippen molar-refractivity contribution in [3.8, 4) is 5.75 Å². The second-order valence-electron chi connectivity index (χ2n) is 9.65. The molecule has 178 valence electrons. The molecular weight excluding hydrogens is 434 g/mol. The monoisotopic (exact) mass is 469 g/mol. The van der Waals surface area contributed by atoms with Crippen LogP contribution in [-0.4, -0.2) is 54.0 Å². The van der Waals surface area contributed by atoms with Gasteiger partial charge in [-0.25, -0.2) is 4.79 Å². The van der Waals surface area contributed by atoms with E-state index < -0.39 is 5.54 Å². The summed E-state index contributed by atoms with van der Waals surface area (Å²) in [4.78, 5) is 31.7. The van der Waals surface area contributed by atoms with Gasteiger partial charge in [-0.3, -0.25) is 14.6 Å². The first-order valence-corrected chi connectivity index (χ1v) is 12.8. The highest BCUT2D eigenvalue weighted by atomic mass is 32.1. The Kier molecular flexibility index (Phi) is 7.39. The van der Waals surface area contributed by atoms with Gasteiger partial charge in [0.1, 0.15) is 11.3 Å². The number of hydrogen-bond donors (Lipinski definition) is 1. The average molecular weight is 470 g/mol. The summed E-state index contributed by atoms with van der Waals surface area (Å²) in [6.45, 7) is 7.35. The average Bonchev–Trinajstić information content (AvgIpc) is 3.40. The number of benzene rings is 1. The van der Waals surface area contributed by atoms with Crippen LogP contribution in [0, 0.1) is 11.8 Å². The highest BCUT2D eigenvalue weighted by molar-refractivity contribution is 7.09. The Labute approximate surface area is 200 Å². The van der Waals surface area contributed by atoms with Crippen molar-refractivity contribution < 1.29 is 14.3 Å². The predicted octanol–water partition coefficient (Wildman–Crippen LogP) is 4.55. The number of carbonyl (C=O) groups is 2. The molecular formula is C26H35N3O3S. The maximum absolute atomic E-state index is 13.7. The first kappa shape index (κ1) is 23.8. The first-order chi connectivity index (χ1) is 15.9. The molecule has 3 heterocycles. The summed E-state index contributed by atoms with van der Waals surface area (Å²) in [6.07, 6.45) is 3.19. The van der Waals surface area contributed by atoms with Crippen molar-refractivity contribution >= 4 is 23.3 Å². The number of rotatable bonds is 9. The maximum Gasteiger partial charge on any atom is 0.325 e. The van der Waals surface area contributed by atoms with E-state index in [0.717, 1.165) is 38.2 Å². The van der Waals surface area contributed by atoms with Gasteiger partial charge in [0.2, 0.25) is 0 Å². The summed E-state index contributed by atoms with van der Waals surface area (Å²) in [5.74, 6) is 1.35. The van der Waals surface area contributed by atoms with E-state index in [9.17, 15) is 9.59 Å². The molecule has 2 fully saturated rings. The van der Waals surface area contributed by atoms with Crippen LogP contribution in [-0.2, 0) is 17.8 Å². The summed E-state index contributed by atoms with van der Waals surface area (Å²) < 4.78 is 5.51. The number of imide groups is 1. The number of amides is 3. The van der Waals surface area contributed by atoms with E-state index in [4.69, 9.17) is 4.74 Å². The number of thiophene rings is 1. The number of urea groups is 1. The molecule has 1 aromatic carbocycles. The molecule has 6 nitrogen and oxygen atoms in total. The number of piperidine rings is 1. The SMILES string of the molecule is COc1ccccc1CN1CCC(C2(CC(C)C)NC(=O)N(CCc3cccs3)C2=O)CC1. The third kappa shape index (κ3) is 5.09. The molecule has 2 aliphatic heterocycles. The number of carbonyl (C=O) groups excluding carboxylic acids is 2. The number of para-hydroxylation sites is 1. The van der Waals surface area contributed by atoms with Gasteiger partial charge in [0.15, 0.2) is 0 Å². The number of methoxy groups -OCH3 is 1. The Morgan fingerprint density at radius 3 is 2.58 bits per heavy atom. The van der Waals surface area contributed by atoms with Crippen molar-refractivity contribution in [3.05, 3.63) is 52.2 Å². The van der Waals surface area contributed by atoms with Gasteiger partial charge >= 0.3 is 6.03 Å². The molecule has 4 rings (SSSR count). The highest BCUT2D eigenvalue weighted by Crippen LogP contribution is 2.38. The van der Waals surface area contributed by atoms with E-state index in [1.165, 1.54) is 15.3 Å². The molecule has 2 saturated heterocycles. The van der Waals surface area contributed by atoms with Crippen LogP contribution >= 0.6 is 11.3 Å². The second-order valence-corrected chi connectivity index (χ2v) is 10.7. The van der Waals surface area contributed by atoms with E-state index in [2.05, 4.69) is 36.2 Å². The lowest BCUT2D eigenvalue weighted by Gasteiger charge is -2.41. The quantitative estimate of drug-likeness (QED) is 0.548. The molecule has 1 unspecified atom stereocenters. The summed E-state index contributed by atoms with van der Waals surface area (Å²) >= 11 is 1.67. The normalized spacial score (nSPS) is 22.2. The van der Waals surface area contributed by atoms with E-state index in [0.29, 0.717) is 25.3 Å². The molecule has 7 heteroatoms. The summed E-state index contributed by atoms with van der Waals surface area (Å²) in [5.41, 5.74) is 0.400. The van der Waals surface area contributed by atoms with Crippen LogP contribution in [0.2, 0.25) is 0 Å². The molecule has 1 aromatic heterocycles. The Hall–Kier alpha value is -2.38. The predicted molar refractivity (Wildman–Crippen MR) is 131 cm³/mol. The summed E-state index contributed by atoms with van der Waals surface area (Å²) in [5, 5.41) is 5.21. The molecule has 33 heavy (non-hydrogen) atoms. The van der Waals surface area contributed by atoms with Gasteiger partial charge in [0.25, 0.3) is 5.91 Å². The Bertz CT molecular complexity index is 953. The fourth-order valence-electron chi connectivity index (χ4n) is 5.41. The van der Waals surface area contributed by atoms with E-state index >= 15 is 0 Å². The van der Waals surface area contributed by atoms with Crippen LogP contribution in [0.3, 0.4) is 0 Å². The molecule has 0 saturated carbocycles. The van der Waals surface area contributed by atoms with Crippen LogP contribution in [0.5, 0.6) is 5.75 Å². The third-order valence-corrected chi connectivity index (χ3v) is 7.90. The second kappa shape index (κ2) is 10.3.